The quantitative estimate of drug-likeness (QED) is 0.857. The minimum atomic E-state index is 0.131. The van der Waals surface area contributed by atoms with Crippen LogP contribution in [0.25, 0.3) is 10.9 Å². The molecule has 0 unspecified atom stereocenters. The second kappa shape index (κ2) is 4.66. The van der Waals surface area contributed by atoms with Gasteiger partial charge in [-0.3, -0.25) is 0 Å². The number of aliphatic hydroxyl groups excluding tert-OH is 1. The van der Waals surface area contributed by atoms with Gasteiger partial charge in [-0.1, -0.05) is 0 Å². The van der Waals surface area contributed by atoms with Crippen LogP contribution in [0, 0.1) is 6.92 Å². The third kappa shape index (κ3) is 2.10. The first-order valence-electron chi connectivity index (χ1n) is 6.54. The fourth-order valence-corrected chi connectivity index (χ4v) is 2.74. The second-order valence-corrected chi connectivity index (χ2v) is 4.97. The molecule has 2 heterocycles. The number of aromatic hydroxyl groups is 1. The standard InChI is InChI=1S/C14H17N3O2/c1-9-15-13-7-11(19)4-5-12(13)14(16-9)17-6-2-3-10(17)8-18/h4-5,7,10,18-19H,2-3,6,8H2,1H3/t10-/m0/s1. The van der Waals surface area contributed by atoms with Crippen LogP contribution in [-0.2, 0) is 0 Å². The van der Waals surface area contributed by atoms with Gasteiger partial charge in [-0.25, -0.2) is 9.97 Å². The van der Waals surface area contributed by atoms with Crippen molar-refractivity contribution >= 4 is 16.7 Å². The van der Waals surface area contributed by atoms with Gasteiger partial charge in [0, 0.05) is 18.0 Å². The van der Waals surface area contributed by atoms with Crippen LogP contribution in [0.2, 0.25) is 0 Å². The van der Waals surface area contributed by atoms with E-state index >= 15 is 0 Å². The molecule has 0 bridgehead atoms. The fraction of sp³-hybridized carbons (Fsp3) is 0.429. The molecule has 1 aliphatic rings. The Labute approximate surface area is 111 Å². The van der Waals surface area contributed by atoms with Crippen LogP contribution in [-0.4, -0.2) is 39.4 Å². The van der Waals surface area contributed by atoms with E-state index < -0.39 is 0 Å². The molecular weight excluding hydrogens is 242 g/mol. The van der Waals surface area contributed by atoms with Gasteiger partial charge < -0.3 is 15.1 Å². The number of aromatic nitrogens is 2. The Hall–Kier alpha value is -1.88. The smallest absolute Gasteiger partial charge is 0.140 e. The van der Waals surface area contributed by atoms with Crippen LogP contribution in [0.5, 0.6) is 5.75 Å². The molecule has 0 radical (unpaired) electrons. The first-order chi connectivity index (χ1) is 9.19. The number of hydrogen-bond donors (Lipinski definition) is 2. The predicted octanol–water partition coefficient (Wildman–Crippen LogP) is 1.60. The highest BCUT2D eigenvalue weighted by Crippen LogP contribution is 2.31. The molecule has 0 amide bonds. The van der Waals surface area contributed by atoms with E-state index in [1.54, 1.807) is 12.1 Å². The first-order valence-corrected chi connectivity index (χ1v) is 6.54. The summed E-state index contributed by atoms with van der Waals surface area (Å²) in [5.41, 5.74) is 0.742. The highest BCUT2D eigenvalue weighted by molar-refractivity contribution is 5.90. The average Bonchev–Trinajstić information content (AvgIpc) is 2.85. The molecule has 0 saturated carbocycles. The van der Waals surface area contributed by atoms with Crippen molar-refractivity contribution in [3.8, 4) is 5.75 Å². The van der Waals surface area contributed by atoms with Crippen LogP contribution in [0.15, 0.2) is 18.2 Å². The van der Waals surface area contributed by atoms with Gasteiger partial charge in [0.05, 0.1) is 18.2 Å². The molecule has 2 N–H and O–H groups in total. The zero-order valence-electron chi connectivity index (χ0n) is 10.9. The van der Waals surface area contributed by atoms with Crippen LogP contribution in [0.4, 0.5) is 5.82 Å². The molecule has 0 aliphatic carbocycles. The molecule has 1 aromatic carbocycles. The van der Waals surface area contributed by atoms with E-state index in [4.69, 9.17) is 0 Å². The van der Waals surface area contributed by atoms with E-state index in [1.807, 2.05) is 13.0 Å². The van der Waals surface area contributed by atoms with E-state index in [0.717, 1.165) is 36.1 Å². The molecular formula is C14H17N3O2. The van der Waals surface area contributed by atoms with Crippen molar-refractivity contribution in [1.82, 2.24) is 9.97 Å². The lowest BCUT2D eigenvalue weighted by Gasteiger charge is -2.25. The summed E-state index contributed by atoms with van der Waals surface area (Å²) in [5, 5.41) is 19.9. The van der Waals surface area contributed by atoms with Crippen LogP contribution in [0.1, 0.15) is 18.7 Å². The van der Waals surface area contributed by atoms with Crippen molar-refractivity contribution in [3.63, 3.8) is 0 Å². The second-order valence-electron chi connectivity index (χ2n) is 4.97. The third-order valence-corrected chi connectivity index (χ3v) is 3.63. The summed E-state index contributed by atoms with van der Waals surface area (Å²) in [7, 11) is 0. The molecule has 5 heteroatoms. The van der Waals surface area contributed by atoms with Crippen molar-refractivity contribution in [2.45, 2.75) is 25.8 Å². The van der Waals surface area contributed by atoms with Gasteiger partial charge >= 0.3 is 0 Å². The number of nitrogens with zero attached hydrogens (tertiary/aromatic N) is 3. The number of rotatable bonds is 2. The number of hydrogen-bond acceptors (Lipinski definition) is 5. The first kappa shape index (κ1) is 12.2. The normalized spacial score (nSPS) is 19.3. The molecule has 19 heavy (non-hydrogen) atoms. The summed E-state index contributed by atoms with van der Waals surface area (Å²) >= 11 is 0. The van der Waals surface area contributed by atoms with Gasteiger partial charge in [0.2, 0.25) is 0 Å². The Morgan fingerprint density at radius 2 is 2.21 bits per heavy atom. The Morgan fingerprint density at radius 1 is 1.37 bits per heavy atom. The lowest BCUT2D eigenvalue weighted by atomic mass is 10.2. The van der Waals surface area contributed by atoms with Gasteiger partial charge in [-0.15, -0.1) is 0 Å². The summed E-state index contributed by atoms with van der Waals surface area (Å²) in [5.74, 6) is 1.74. The van der Waals surface area contributed by atoms with Crippen molar-refractivity contribution in [2.75, 3.05) is 18.1 Å². The molecule has 1 saturated heterocycles. The Morgan fingerprint density at radius 3 is 3.00 bits per heavy atom. The maximum Gasteiger partial charge on any atom is 0.140 e. The summed E-state index contributed by atoms with van der Waals surface area (Å²) in [6, 6.07) is 5.27. The fourth-order valence-electron chi connectivity index (χ4n) is 2.74. The Bertz CT molecular complexity index is 610. The van der Waals surface area contributed by atoms with Crippen LogP contribution in [0.3, 0.4) is 0 Å². The zero-order chi connectivity index (χ0) is 13.4. The van der Waals surface area contributed by atoms with Crippen molar-refractivity contribution in [1.29, 1.82) is 0 Å². The SMILES string of the molecule is Cc1nc(N2CCC[C@H]2CO)c2ccc(O)cc2n1. The van der Waals surface area contributed by atoms with E-state index in [-0.39, 0.29) is 18.4 Å². The molecule has 3 rings (SSSR count). The number of aryl methyl sites for hydroxylation is 1. The number of phenolic OH excluding ortho intramolecular Hbond substituents is 1. The minimum absolute atomic E-state index is 0.131. The summed E-state index contributed by atoms with van der Waals surface area (Å²) in [6.07, 6.45) is 2.05. The number of fused-ring (bicyclic) bond motifs is 1. The highest BCUT2D eigenvalue weighted by Gasteiger charge is 2.26. The van der Waals surface area contributed by atoms with E-state index in [0.29, 0.717) is 5.82 Å². The van der Waals surface area contributed by atoms with Crippen LogP contribution >= 0.6 is 0 Å². The summed E-state index contributed by atoms with van der Waals surface area (Å²) in [4.78, 5) is 11.0. The van der Waals surface area contributed by atoms with Gasteiger partial charge in [0.1, 0.15) is 17.4 Å². The Kier molecular flexibility index (Phi) is 2.98. The van der Waals surface area contributed by atoms with Crippen molar-refractivity contribution in [3.05, 3.63) is 24.0 Å². The molecule has 1 fully saturated rings. The van der Waals surface area contributed by atoms with Gasteiger partial charge in [0.15, 0.2) is 0 Å². The third-order valence-electron chi connectivity index (χ3n) is 3.63. The molecule has 1 aromatic heterocycles. The molecule has 100 valence electrons. The number of benzene rings is 1. The van der Waals surface area contributed by atoms with Gasteiger partial charge in [0.25, 0.3) is 0 Å². The van der Waals surface area contributed by atoms with Crippen molar-refractivity contribution < 1.29 is 10.2 Å². The molecule has 5 nitrogen and oxygen atoms in total. The van der Waals surface area contributed by atoms with Crippen molar-refractivity contribution in [2.24, 2.45) is 0 Å². The lowest BCUT2D eigenvalue weighted by molar-refractivity contribution is 0.266. The maximum absolute atomic E-state index is 9.56. The monoisotopic (exact) mass is 259 g/mol. The molecule has 2 aromatic rings. The average molecular weight is 259 g/mol. The number of aliphatic hydroxyl groups is 1. The molecule has 1 aliphatic heterocycles. The zero-order valence-corrected chi connectivity index (χ0v) is 10.9. The lowest BCUT2D eigenvalue weighted by Crippen LogP contribution is -2.33. The molecule has 1 atom stereocenters. The predicted molar refractivity (Wildman–Crippen MR) is 73.4 cm³/mol. The van der Waals surface area contributed by atoms with Gasteiger partial charge in [-0.2, -0.15) is 0 Å². The molecule has 0 spiro atoms. The Balaban J connectivity index is 2.17. The number of phenols is 1. The summed E-state index contributed by atoms with van der Waals surface area (Å²) in [6.45, 7) is 2.89. The summed E-state index contributed by atoms with van der Waals surface area (Å²) < 4.78 is 0. The minimum Gasteiger partial charge on any atom is -0.508 e. The van der Waals surface area contributed by atoms with Gasteiger partial charge in [-0.05, 0) is 31.9 Å². The number of anilines is 1. The highest BCUT2D eigenvalue weighted by atomic mass is 16.3. The maximum atomic E-state index is 9.56. The van der Waals surface area contributed by atoms with E-state index in [1.165, 1.54) is 0 Å². The largest absolute Gasteiger partial charge is 0.508 e. The van der Waals surface area contributed by atoms with Crippen LogP contribution < -0.4 is 4.90 Å². The van der Waals surface area contributed by atoms with E-state index in [9.17, 15) is 10.2 Å². The van der Waals surface area contributed by atoms with E-state index in [2.05, 4.69) is 14.9 Å². The topological polar surface area (TPSA) is 69.5 Å².